The van der Waals surface area contributed by atoms with Crippen LogP contribution in [0, 0.1) is 16.0 Å². The van der Waals surface area contributed by atoms with E-state index in [2.05, 4.69) is 10.3 Å². The number of anilines is 1. The number of para-hydroxylation sites is 2. The molecule has 1 fully saturated rings. The van der Waals surface area contributed by atoms with Crippen LogP contribution in [0.25, 0.3) is 10.9 Å². The van der Waals surface area contributed by atoms with Gasteiger partial charge in [0.15, 0.2) is 6.73 Å². The molecule has 1 aliphatic heterocycles. The van der Waals surface area contributed by atoms with Gasteiger partial charge in [-0.25, -0.2) is 0 Å². The Morgan fingerprint density at radius 2 is 1.83 bits per heavy atom. The van der Waals surface area contributed by atoms with Gasteiger partial charge in [0, 0.05) is 19.2 Å². The molecule has 0 saturated carbocycles. The Morgan fingerprint density at radius 3 is 2.60 bits per heavy atom. The lowest BCUT2D eigenvalue weighted by atomic mass is 9.96. The summed E-state index contributed by atoms with van der Waals surface area (Å²) in [6.07, 6.45) is 1.01. The average Bonchev–Trinajstić information content (AvgIpc) is 2.78. The van der Waals surface area contributed by atoms with Gasteiger partial charge in [-0.2, -0.15) is 4.68 Å². The summed E-state index contributed by atoms with van der Waals surface area (Å²) in [5.74, 6) is -0.757. The summed E-state index contributed by atoms with van der Waals surface area (Å²) in [6.45, 7) is 0.695. The van der Waals surface area contributed by atoms with E-state index in [-0.39, 0.29) is 23.9 Å². The largest absolute Gasteiger partial charge is 0.442 e. The molecule has 0 unspecified atom stereocenters. The van der Waals surface area contributed by atoms with Crippen molar-refractivity contribution in [2.24, 2.45) is 5.92 Å². The molecule has 10 nitrogen and oxygen atoms in total. The van der Waals surface area contributed by atoms with Crippen LogP contribution in [0.3, 0.4) is 0 Å². The van der Waals surface area contributed by atoms with Crippen molar-refractivity contribution in [2.75, 3.05) is 18.0 Å². The van der Waals surface area contributed by atoms with E-state index >= 15 is 0 Å². The molecule has 2 aromatic carbocycles. The number of nitro benzene ring substituents is 1. The molecule has 0 bridgehead atoms. The van der Waals surface area contributed by atoms with Gasteiger partial charge in [-0.3, -0.25) is 19.7 Å². The highest BCUT2D eigenvalue weighted by Gasteiger charge is 2.29. The molecule has 30 heavy (non-hydrogen) atoms. The Labute approximate surface area is 170 Å². The summed E-state index contributed by atoms with van der Waals surface area (Å²) in [6, 6.07) is 13.4. The zero-order chi connectivity index (χ0) is 21.1. The number of nitrogens with zero attached hydrogens (tertiary/aromatic N) is 5. The predicted octanol–water partition coefficient (Wildman–Crippen LogP) is 2.12. The molecular weight excluding hydrogens is 390 g/mol. The molecule has 1 saturated heterocycles. The summed E-state index contributed by atoms with van der Waals surface area (Å²) >= 11 is 0. The summed E-state index contributed by atoms with van der Waals surface area (Å²) in [5, 5.41) is 19.4. The maximum absolute atomic E-state index is 12.5. The number of nitro groups is 1. The Kier molecular flexibility index (Phi) is 5.38. The van der Waals surface area contributed by atoms with Crippen molar-refractivity contribution in [2.45, 2.75) is 19.6 Å². The Hall–Kier alpha value is -3.82. The van der Waals surface area contributed by atoms with E-state index in [1.165, 1.54) is 6.07 Å². The number of ether oxygens (including phenoxy) is 1. The number of esters is 1. The van der Waals surface area contributed by atoms with E-state index < -0.39 is 10.9 Å². The third kappa shape index (κ3) is 3.84. The minimum atomic E-state index is -0.418. The van der Waals surface area contributed by atoms with Gasteiger partial charge in [0.2, 0.25) is 0 Å². The lowest BCUT2D eigenvalue weighted by Crippen LogP contribution is -2.37. The number of piperidine rings is 1. The SMILES string of the molecule is O=C(OCn1nnc2ccccc2c1=O)C1CCN(c2ccccc2[N+](=O)[O-])CC1. The first-order valence-corrected chi connectivity index (χ1v) is 9.52. The molecule has 4 rings (SSSR count). The normalized spacial score (nSPS) is 14.6. The van der Waals surface area contributed by atoms with Crippen molar-refractivity contribution in [3.8, 4) is 0 Å². The molecule has 2 heterocycles. The van der Waals surface area contributed by atoms with Crippen LogP contribution < -0.4 is 10.5 Å². The number of benzene rings is 2. The van der Waals surface area contributed by atoms with Gasteiger partial charge >= 0.3 is 5.97 Å². The molecular formula is C20H19N5O5. The van der Waals surface area contributed by atoms with Crippen LogP contribution in [0.5, 0.6) is 0 Å². The summed E-state index contributed by atoms with van der Waals surface area (Å²) in [5.41, 5.74) is 0.701. The van der Waals surface area contributed by atoms with Crippen molar-refractivity contribution in [1.29, 1.82) is 0 Å². The number of hydrogen-bond acceptors (Lipinski definition) is 8. The molecule has 0 amide bonds. The van der Waals surface area contributed by atoms with Crippen LogP contribution in [0.4, 0.5) is 11.4 Å². The highest BCUT2D eigenvalue weighted by molar-refractivity contribution is 5.76. The first-order chi connectivity index (χ1) is 14.5. The fourth-order valence-corrected chi connectivity index (χ4v) is 3.59. The molecule has 0 N–H and O–H groups in total. The lowest BCUT2D eigenvalue weighted by molar-refractivity contribution is -0.384. The monoisotopic (exact) mass is 409 g/mol. The minimum Gasteiger partial charge on any atom is -0.442 e. The van der Waals surface area contributed by atoms with Crippen LogP contribution in [0.15, 0.2) is 53.3 Å². The number of hydrogen-bond donors (Lipinski definition) is 0. The van der Waals surface area contributed by atoms with Crippen LogP contribution >= 0.6 is 0 Å². The maximum Gasteiger partial charge on any atom is 0.310 e. The lowest BCUT2D eigenvalue weighted by Gasteiger charge is -2.32. The molecule has 0 aliphatic carbocycles. The second kappa shape index (κ2) is 8.27. The summed E-state index contributed by atoms with van der Waals surface area (Å²) in [7, 11) is 0. The molecule has 1 aliphatic rings. The smallest absolute Gasteiger partial charge is 0.310 e. The van der Waals surface area contributed by atoms with Crippen LogP contribution in [0.2, 0.25) is 0 Å². The highest BCUT2D eigenvalue weighted by atomic mass is 16.6. The number of carbonyl (C=O) groups excluding carboxylic acids is 1. The third-order valence-corrected chi connectivity index (χ3v) is 5.21. The van der Waals surface area contributed by atoms with Crippen LogP contribution in [-0.4, -0.2) is 39.0 Å². The summed E-state index contributed by atoms with van der Waals surface area (Å²) in [4.78, 5) is 37.6. The van der Waals surface area contributed by atoms with E-state index in [9.17, 15) is 19.7 Å². The van der Waals surface area contributed by atoms with Gasteiger partial charge in [-0.15, -0.1) is 5.10 Å². The molecule has 1 aromatic heterocycles. The number of fused-ring (bicyclic) bond motifs is 1. The van der Waals surface area contributed by atoms with E-state index in [0.717, 1.165) is 4.68 Å². The molecule has 154 valence electrons. The van der Waals surface area contributed by atoms with E-state index in [0.29, 0.717) is 42.5 Å². The Balaban J connectivity index is 1.37. The molecule has 0 atom stereocenters. The first kappa shape index (κ1) is 19.5. The zero-order valence-electron chi connectivity index (χ0n) is 16.0. The molecule has 3 aromatic rings. The highest BCUT2D eigenvalue weighted by Crippen LogP contribution is 2.31. The van der Waals surface area contributed by atoms with E-state index in [1.807, 2.05) is 4.90 Å². The average molecular weight is 409 g/mol. The van der Waals surface area contributed by atoms with Crippen LogP contribution in [0.1, 0.15) is 12.8 Å². The topological polar surface area (TPSA) is 120 Å². The van der Waals surface area contributed by atoms with Gasteiger partial charge in [-0.1, -0.05) is 29.5 Å². The third-order valence-electron chi connectivity index (χ3n) is 5.21. The standard InChI is InChI=1S/C20H19N5O5/c26-19-15-5-1-2-6-16(15)21-22-24(19)13-30-20(27)14-9-11-23(12-10-14)17-7-3-4-8-18(17)25(28)29/h1-8,14H,9-13H2. The fraction of sp³-hybridized carbons (Fsp3) is 0.300. The Morgan fingerprint density at radius 1 is 1.13 bits per heavy atom. The second-order valence-corrected chi connectivity index (χ2v) is 7.01. The van der Waals surface area contributed by atoms with Crippen molar-refractivity contribution in [3.05, 3.63) is 69.0 Å². The van der Waals surface area contributed by atoms with E-state index in [1.54, 1.807) is 42.5 Å². The van der Waals surface area contributed by atoms with Gasteiger partial charge < -0.3 is 9.64 Å². The predicted molar refractivity (Wildman–Crippen MR) is 108 cm³/mol. The van der Waals surface area contributed by atoms with Gasteiger partial charge in [0.1, 0.15) is 11.2 Å². The quantitative estimate of drug-likeness (QED) is 0.357. The van der Waals surface area contributed by atoms with Crippen molar-refractivity contribution in [1.82, 2.24) is 15.0 Å². The van der Waals surface area contributed by atoms with E-state index in [4.69, 9.17) is 4.74 Å². The zero-order valence-corrected chi connectivity index (χ0v) is 16.0. The molecule has 0 spiro atoms. The minimum absolute atomic E-state index is 0.0489. The number of rotatable bonds is 5. The van der Waals surface area contributed by atoms with Gasteiger partial charge in [0.05, 0.1) is 16.2 Å². The Bertz CT molecular complexity index is 1150. The van der Waals surface area contributed by atoms with Crippen LogP contribution in [-0.2, 0) is 16.3 Å². The van der Waals surface area contributed by atoms with Crippen molar-refractivity contribution >= 4 is 28.2 Å². The number of aromatic nitrogens is 3. The summed E-state index contributed by atoms with van der Waals surface area (Å²) < 4.78 is 6.31. The maximum atomic E-state index is 12.5. The van der Waals surface area contributed by atoms with Crippen molar-refractivity contribution < 1.29 is 14.5 Å². The van der Waals surface area contributed by atoms with Gasteiger partial charge in [0.25, 0.3) is 11.2 Å². The van der Waals surface area contributed by atoms with Gasteiger partial charge in [-0.05, 0) is 31.0 Å². The first-order valence-electron chi connectivity index (χ1n) is 9.52. The fourth-order valence-electron chi connectivity index (χ4n) is 3.59. The molecule has 10 heteroatoms. The number of carbonyl (C=O) groups is 1. The molecule has 0 radical (unpaired) electrons. The second-order valence-electron chi connectivity index (χ2n) is 7.01. The van der Waals surface area contributed by atoms with Crippen molar-refractivity contribution in [3.63, 3.8) is 0 Å².